The average Bonchev–Trinajstić information content (AvgIpc) is 2.84. The Balaban J connectivity index is 2.12. The third-order valence-corrected chi connectivity index (χ3v) is 5.68. The second-order valence-corrected chi connectivity index (χ2v) is 8.10. The van der Waals surface area contributed by atoms with E-state index in [0.717, 1.165) is 54.7 Å². The molecular formula is C20H29BrN4O. The molecule has 1 aliphatic rings. The second kappa shape index (κ2) is 8.63. The lowest BCUT2D eigenvalue weighted by atomic mass is 10.1. The quantitative estimate of drug-likeness (QED) is 0.800. The fourth-order valence-electron chi connectivity index (χ4n) is 3.94. The van der Waals surface area contributed by atoms with Gasteiger partial charge in [0.2, 0.25) is 0 Å². The van der Waals surface area contributed by atoms with Gasteiger partial charge in [-0.3, -0.25) is 14.3 Å². The minimum absolute atomic E-state index is 0.0656. The zero-order valence-electron chi connectivity index (χ0n) is 16.0. The van der Waals surface area contributed by atoms with Gasteiger partial charge in [-0.1, -0.05) is 29.3 Å². The van der Waals surface area contributed by atoms with Crippen LogP contribution in [0, 0.1) is 0 Å². The van der Waals surface area contributed by atoms with E-state index in [1.165, 1.54) is 0 Å². The minimum atomic E-state index is 0.0656. The standard InChI is InChI=1S/C20H29BrN4O/c1-4-7-18(24-11-6-10-22-14(3)13-24)19-23-17-9-8-15(21)12-16(17)20(26)25(19)5-2/h8-9,12,14,18,22H,4-7,10-11,13H2,1-3H3/t14-,18+/m1/s1. The third-order valence-electron chi connectivity index (χ3n) is 5.19. The molecule has 0 bridgehead atoms. The first-order valence-electron chi connectivity index (χ1n) is 9.72. The number of halogens is 1. The summed E-state index contributed by atoms with van der Waals surface area (Å²) in [6.07, 6.45) is 3.21. The summed E-state index contributed by atoms with van der Waals surface area (Å²) in [4.78, 5) is 20.6. The van der Waals surface area contributed by atoms with Crippen molar-refractivity contribution in [2.24, 2.45) is 0 Å². The predicted octanol–water partition coefficient (Wildman–Crippen LogP) is 3.70. The SMILES string of the molecule is CCC[C@@H](c1nc2ccc(Br)cc2c(=O)n1CC)N1CCCN[C@H](C)C1. The summed E-state index contributed by atoms with van der Waals surface area (Å²) in [6.45, 7) is 10.2. The molecule has 2 aromatic rings. The molecule has 1 fully saturated rings. The van der Waals surface area contributed by atoms with Gasteiger partial charge < -0.3 is 5.32 Å². The van der Waals surface area contributed by atoms with E-state index in [-0.39, 0.29) is 11.6 Å². The molecule has 6 heteroatoms. The van der Waals surface area contributed by atoms with Gasteiger partial charge in [-0.05, 0) is 51.4 Å². The molecule has 26 heavy (non-hydrogen) atoms. The minimum Gasteiger partial charge on any atom is -0.313 e. The van der Waals surface area contributed by atoms with Gasteiger partial charge >= 0.3 is 0 Å². The fraction of sp³-hybridized carbons (Fsp3) is 0.600. The summed E-state index contributed by atoms with van der Waals surface area (Å²) in [7, 11) is 0. The molecule has 0 aliphatic carbocycles. The molecule has 3 rings (SSSR count). The molecule has 0 spiro atoms. The molecule has 142 valence electrons. The smallest absolute Gasteiger partial charge is 0.261 e. The third kappa shape index (κ3) is 4.02. The second-order valence-electron chi connectivity index (χ2n) is 7.19. The van der Waals surface area contributed by atoms with E-state index < -0.39 is 0 Å². The van der Waals surface area contributed by atoms with Crippen molar-refractivity contribution < 1.29 is 0 Å². The number of fused-ring (bicyclic) bond motifs is 1. The first kappa shape index (κ1) is 19.5. The Bertz CT molecular complexity index is 819. The lowest BCUT2D eigenvalue weighted by Crippen LogP contribution is -2.40. The van der Waals surface area contributed by atoms with Crippen molar-refractivity contribution in [2.75, 3.05) is 19.6 Å². The van der Waals surface area contributed by atoms with Crippen LogP contribution in [0.5, 0.6) is 0 Å². The molecule has 1 saturated heterocycles. The van der Waals surface area contributed by atoms with Crippen LogP contribution in [0.2, 0.25) is 0 Å². The maximum Gasteiger partial charge on any atom is 0.261 e. The molecule has 0 saturated carbocycles. The molecule has 0 unspecified atom stereocenters. The molecule has 1 aromatic carbocycles. The van der Waals surface area contributed by atoms with E-state index in [9.17, 15) is 4.79 Å². The van der Waals surface area contributed by atoms with Crippen LogP contribution in [0.15, 0.2) is 27.5 Å². The van der Waals surface area contributed by atoms with Gasteiger partial charge in [0.1, 0.15) is 5.82 Å². The predicted molar refractivity (Wildman–Crippen MR) is 111 cm³/mol. The van der Waals surface area contributed by atoms with Crippen molar-refractivity contribution in [3.05, 3.63) is 38.9 Å². The summed E-state index contributed by atoms with van der Waals surface area (Å²) in [5.74, 6) is 0.920. The topological polar surface area (TPSA) is 50.2 Å². The summed E-state index contributed by atoms with van der Waals surface area (Å²) in [5.41, 5.74) is 0.857. The van der Waals surface area contributed by atoms with Gasteiger partial charge in [0, 0.05) is 30.1 Å². The monoisotopic (exact) mass is 420 g/mol. The molecule has 0 amide bonds. The van der Waals surface area contributed by atoms with E-state index in [1.54, 1.807) is 0 Å². The van der Waals surface area contributed by atoms with Crippen LogP contribution >= 0.6 is 15.9 Å². The number of nitrogens with one attached hydrogen (secondary N) is 1. The number of benzene rings is 1. The largest absolute Gasteiger partial charge is 0.313 e. The Labute approximate surface area is 163 Å². The Morgan fingerprint density at radius 3 is 2.92 bits per heavy atom. The fourth-order valence-corrected chi connectivity index (χ4v) is 4.30. The van der Waals surface area contributed by atoms with Crippen molar-refractivity contribution >= 4 is 26.8 Å². The van der Waals surface area contributed by atoms with Crippen LogP contribution in [0.1, 0.15) is 51.9 Å². The number of aromatic nitrogens is 2. The Kier molecular flexibility index (Phi) is 6.48. The molecule has 0 radical (unpaired) electrons. The van der Waals surface area contributed by atoms with Crippen molar-refractivity contribution in [3.63, 3.8) is 0 Å². The van der Waals surface area contributed by atoms with Gasteiger partial charge in [-0.15, -0.1) is 0 Å². The summed E-state index contributed by atoms with van der Waals surface area (Å²) in [6, 6.07) is 6.42. The van der Waals surface area contributed by atoms with Crippen LogP contribution in [-0.2, 0) is 6.54 Å². The maximum atomic E-state index is 13.1. The summed E-state index contributed by atoms with van der Waals surface area (Å²) in [5, 5.41) is 4.25. The van der Waals surface area contributed by atoms with Crippen LogP contribution in [0.4, 0.5) is 0 Å². The van der Waals surface area contributed by atoms with Gasteiger partial charge in [-0.2, -0.15) is 0 Å². The Morgan fingerprint density at radius 2 is 2.19 bits per heavy atom. The highest BCUT2D eigenvalue weighted by Crippen LogP contribution is 2.27. The highest BCUT2D eigenvalue weighted by molar-refractivity contribution is 9.10. The van der Waals surface area contributed by atoms with Crippen molar-refractivity contribution in [2.45, 2.75) is 58.7 Å². The summed E-state index contributed by atoms with van der Waals surface area (Å²) >= 11 is 3.47. The average molecular weight is 421 g/mol. The first-order valence-corrected chi connectivity index (χ1v) is 10.5. The lowest BCUT2D eigenvalue weighted by Gasteiger charge is -2.32. The van der Waals surface area contributed by atoms with Crippen LogP contribution < -0.4 is 10.9 Å². The van der Waals surface area contributed by atoms with E-state index in [2.05, 4.69) is 40.0 Å². The molecule has 1 aliphatic heterocycles. The van der Waals surface area contributed by atoms with Crippen molar-refractivity contribution in [3.8, 4) is 0 Å². The Morgan fingerprint density at radius 1 is 1.38 bits per heavy atom. The van der Waals surface area contributed by atoms with E-state index in [0.29, 0.717) is 18.0 Å². The molecule has 2 heterocycles. The highest BCUT2D eigenvalue weighted by atomic mass is 79.9. The van der Waals surface area contributed by atoms with Crippen LogP contribution in [0.3, 0.4) is 0 Å². The van der Waals surface area contributed by atoms with Crippen molar-refractivity contribution in [1.82, 2.24) is 19.8 Å². The molecular weight excluding hydrogens is 392 g/mol. The number of hydrogen-bond donors (Lipinski definition) is 1. The van der Waals surface area contributed by atoms with Gasteiger partial charge in [0.15, 0.2) is 0 Å². The van der Waals surface area contributed by atoms with E-state index in [1.807, 2.05) is 29.7 Å². The molecule has 2 atom stereocenters. The van der Waals surface area contributed by atoms with Crippen LogP contribution in [-0.4, -0.2) is 40.1 Å². The number of rotatable bonds is 5. The zero-order valence-corrected chi connectivity index (χ0v) is 17.6. The van der Waals surface area contributed by atoms with Crippen LogP contribution in [0.25, 0.3) is 10.9 Å². The zero-order chi connectivity index (χ0) is 18.7. The van der Waals surface area contributed by atoms with Gasteiger partial charge in [-0.25, -0.2) is 4.98 Å². The lowest BCUT2D eigenvalue weighted by molar-refractivity contribution is 0.174. The van der Waals surface area contributed by atoms with Gasteiger partial charge in [0.05, 0.1) is 16.9 Å². The molecule has 1 aromatic heterocycles. The molecule has 1 N–H and O–H groups in total. The Hall–Kier alpha value is -1.24. The first-order chi connectivity index (χ1) is 12.5. The summed E-state index contributed by atoms with van der Waals surface area (Å²) < 4.78 is 2.79. The maximum absolute atomic E-state index is 13.1. The van der Waals surface area contributed by atoms with Crippen molar-refractivity contribution in [1.29, 1.82) is 0 Å². The van der Waals surface area contributed by atoms with E-state index in [4.69, 9.17) is 4.98 Å². The number of hydrogen-bond acceptors (Lipinski definition) is 4. The molecule has 5 nitrogen and oxygen atoms in total. The normalized spacial score (nSPS) is 20.2. The number of nitrogens with zero attached hydrogens (tertiary/aromatic N) is 3. The van der Waals surface area contributed by atoms with E-state index >= 15 is 0 Å². The van der Waals surface area contributed by atoms with Gasteiger partial charge in [0.25, 0.3) is 5.56 Å². The highest BCUT2D eigenvalue weighted by Gasteiger charge is 2.27.